The van der Waals surface area contributed by atoms with E-state index >= 15 is 0 Å². The molecule has 0 aliphatic carbocycles. The van der Waals surface area contributed by atoms with Gasteiger partial charge in [-0.05, 0) is 38.1 Å². The highest BCUT2D eigenvalue weighted by Gasteiger charge is 2.35. The Morgan fingerprint density at radius 3 is 2.74 bits per heavy atom. The average molecular weight is 261 g/mol. The predicted molar refractivity (Wildman–Crippen MR) is 68.9 cm³/mol. The Bertz CT molecular complexity index is 516. The van der Waals surface area contributed by atoms with Crippen molar-refractivity contribution in [3.8, 4) is 6.07 Å². The predicted octanol–water partition coefficient (Wildman–Crippen LogP) is 1.54. The van der Waals surface area contributed by atoms with Crippen LogP contribution < -0.4 is 5.32 Å². The van der Waals surface area contributed by atoms with Gasteiger partial charge in [-0.3, -0.25) is 4.79 Å². The Labute approximate surface area is 111 Å². The number of hydrogen-bond donors (Lipinski definition) is 1. The third-order valence-electron chi connectivity index (χ3n) is 3.49. The summed E-state index contributed by atoms with van der Waals surface area (Å²) in [6.07, 6.45) is 1.17. The molecule has 1 aromatic carbocycles. The van der Waals surface area contributed by atoms with Crippen molar-refractivity contribution in [3.05, 3.63) is 35.6 Å². The number of nitrogens with one attached hydrogen (secondary N) is 1. The molecule has 0 bridgehead atoms. The van der Waals surface area contributed by atoms with E-state index in [4.69, 9.17) is 0 Å². The molecular formula is C14H16FN3O. The van der Waals surface area contributed by atoms with E-state index in [-0.39, 0.29) is 5.56 Å². The molecule has 0 radical (unpaired) electrons. The van der Waals surface area contributed by atoms with Gasteiger partial charge in [-0.25, -0.2) is 4.39 Å². The average Bonchev–Trinajstić information content (AvgIpc) is 2.42. The highest BCUT2D eigenvalue weighted by molar-refractivity contribution is 5.94. The SMILES string of the molecule is CN1CCC(C#N)(NC(=O)c2cccc(F)c2)CC1. The Kier molecular flexibility index (Phi) is 3.82. The Balaban J connectivity index is 2.11. The van der Waals surface area contributed by atoms with E-state index in [9.17, 15) is 14.4 Å². The molecule has 0 unspecified atom stereocenters. The number of piperidine rings is 1. The number of amides is 1. The molecule has 1 N–H and O–H groups in total. The number of carbonyl (C=O) groups excluding carboxylic acids is 1. The van der Waals surface area contributed by atoms with Gasteiger partial charge in [0.2, 0.25) is 0 Å². The fourth-order valence-corrected chi connectivity index (χ4v) is 2.18. The molecule has 1 aliphatic heterocycles. The first-order valence-electron chi connectivity index (χ1n) is 6.22. The number of halogens is 1. The minimum Gasteiger partial charge on any atom is -0.334 e. The van der Waals surface area contributed by atoms with Crippen LogP contribution in [0.3, 0.4) is 0 Å². The number of carbonyl (C=O) groups is 1. The van der Waals surface area contributed by atoms with Gasteiger partial charge in [-0.1, -0.05) is 6.07 Å². The monoisotopic (exact) mass is 261 g/mol. The number of rotatable bonds is 2. The third-order valence-corrected chi connectivity index (χ3v) is 3.49. The fraction of sp³-hybridized carbons (Fsp3) is 0.429. The topological polar surface area (TPSA) is 56.1 Å². The zero-order valence-corrected chi connectivity index (χ0v) is 10.8. The van der Waals surface area contributed by atoms with Gasteiger partial charge in [0.05, 0.1) is 6.07 Å². The quantitative estimate of drug-likeness (QED) is 0.878. The molecule has 0 atom stereocenters. The fourth-order valence-electron chi connectivity index (χ4n) is 2.18. The molecule has 5 heteroatoms. The van der Waals surface area contributed by atoms with Crippen LogP contribution in [0.25, 0.3) is 0 Å². The summed E-state index contributed by atoms with van der Waals surface area (Å²) in [5.74, 6) is -0.854. The second kappa shape index (κ2) is 5.37. The first-order chi connectivity index (χ1) is 9.04. The van der Waals surface area contributed by atoms with Crippen LogP contribution in [0.2, 0.25) is 0 Å². The van der Waals surface area contributed by atoms with Crippen molar-refractivity contribution >= 4 is 5.91 Å². The van der Waals surface area contributed by atoms with Gasteiger partial charge in [-0.15, -0.1) is 0 Å². The van der Waals surface area contributed by atoms with Crippen LogP contribution in [0, 0.1) is 17.1 Å². The highest BCUT2D eigenvalue weighted by Crippen LogP contribution is 2.21. The van der Waals surface area contributed by atoms with Gasteiger partial charge < -0.3 is 10.2 Å². The largest absolute Gasteiger partial charge is 0.334 e. The van der Waals surface area contributed by atoms with E-state index in [1.807, 2.05) is 7.05 Å². The Morgan fingerprint density at radius 1 is 1.47 bits per heavy atom. The van der Waals surface area contributed by atoms with Crippen LogP contribution in [0.5, 0.6) is 0 Å². The van der Waals surface area contributed by atoms with Crippen LogP contribution >= 0.6 is 0 Å². The van der Waals surface area contributed by atoms with Crippen LogP contribution in [0.15, 0.2) is 24.3 Å². The number of nitrogens with zero attached hydrogens (tertiary/aromatic N) is 2. The third kappa shape index (κ3) is 3.09. The molecule has 4 nitrogen and oxygen atoms in total. The number of hydrogen-bond acceptors (Lipinski definition) is 3. The summed E-state index contributed by atoms with van der Waals surface area (Å²) in [6, 6.07) is 7.69. The van der Waals surface area contributed by atoms with Crippen LogP contribution in [-0.4, -0.2) is 36.5 Å². The maximum absolute atomic E-state index is 13.1. The van der Waals surface area contributed by atoms with E-state index in [1.165, 1.54) is 18.2 Å². The van der Waals surface area contributed by atoms with Crippen molar-refractivity contribution in [1.29, 1.82) is 5.26 Å². The number of nitriles is 1. The van der Waals surface area contributed by atoms with E-state index in [0.29, 0.717) is 12.8 Å². The van der Waals surface area contributed by atoms with Crippen molar-refractivity contribution in [1.82, 2.24) is 10.2 Å². The lowest BCUT2D eigenvalue weighted by atomic mass is 9.89. The van der Waals surface area contributed by atoms with Crippen molar-refractivity contribution in [2.24, 2.45) is 0 Å². The first kappa shape index (κ1) is 13.5. The Morgan fingerprint density at radius 2 is 2.16 bits per heavy atom. The Hall–Kier alpha value is -1.93. The summed E-state index contributed by atoms with van der Waals surface area (Å²) >= 11 is 0. The minimum absolute atomic E-state index is 0.244. The molecule has 19 heavy (non-hydrogen) atoms. The zero-order valence-electron chi connectivity index (χ0n) is 10.8. The summed E-state index contributed by atoms with van der Waals surface area (Å²) in [4.78, 5) is 14.2. The zero-order chi connectivity index (χ0) is 13.9. The summed E-state index contributed by atoms with van der Waals surface area (Å²) in [5.41, 5.74) is -0.593. The molecular weight excluding hydrogens is 245 g/mol. The van der Waals surface area contributed by atoms with Crippen molar-refractivity contribution in [2.45, 2.75) is 18.4 Å². The first-order valence-corrected chi connectivity index (χ1v) is 6.22. The summed E-state index contributed by atoms with van der Waals surface area (Å²) in [7, 11) is 1.98. The van der Waals surface area contributed by atoms with Crippen molar-refractivity contribution in [2.75, 3.05) is 20.1 Å². The van der Waals surface area contributed by atoms with E-state index in [2.05, 4.69) is 16.3 Å². The van der Waals surface area contributed by atoms with Gasteiger partial charge in [-0.2, -0.15) is 5.26 Å². The molecule has 1 aromatic rings. The standard InChI is InChI=1S/C14H16FN3O/c1-18-7-5-14(10-16,6-8-18)17-13(19)11-3-2-4-12(15)9-11/h2-4,9H,5-8H2,1H3,(H,17,19). The summed E-state index contributed by atoms with van der Waals surface area (Å²) in [5, 5.41) is 12.1. The maximum atomic E-state index is 13.1. The molecule has 1 aliphatic rings. The van der Waals surface area contributed by atoms with Crippen LogP contribution in [-0.2, 0) is 0 Å². The second-order valence-electron chi connectivity index (χ2n) is 4.96. The molecule has 0 aromatic heterocycles. The lowest BCUT2D eigenvalue weighted by Crippen LogP contribution is -2.53. The van der Waals surface area contributed by atoms with Gasteiger partial charge in [0.1, 0.15) is 11.4 Å². The van der Waals surface area contributed by atoms with E-state index < -0.39 is 17.3 Å². The molecule has 1 saturated heterocycles. The van der Waals surface area contributed by atoms with Gasteiger partial charge in [0.15, 0.2) is 0 Å². The molecule has 100 valence electrons. The molecule has 1 heterocycles. The van der Waals surface area contributed by atoms with Gasteiger partial charge >= 0.3 is 0 Å². The van der Waals surface area contributed by atoms with Gasteiger partial charge in [0, 0.05) is 18.7 Å². The second-order valence-corrected chi connectivity index (χ2v) is 4.96. The van der Waals surface area contributed by atoms with Gasteiger partial charge in [0.25, 0.3) is 5.91 Å². The lowest BCUT2D eigenvalue weighted by molar-refractivity contribution is 0.0881. The summed E-state index contributed by atoms with van der Waals surface area (Å²) < 4.78 is 13.1. The summed E-state index contributed by atoms with van der Waals surface area (Å²) in [6.45, 7) is 1.52. The van der Waals surface area contributed by atoms with E-state index in [0.717, 1.165) is 13.1 Å². The van der Waals surface area contributed by atoms with E-state index in [1.54, 1.807) is 6.07 Å². The minimum atomic E-state index is -0.837. The molecule has 0 spiro atoms. The van der Waals surface area contributed by atoms with Crippen LogP contribution in [0.4, 0.5) is 4.39 Å². The molecule has 1 amide bonds. The normalized spacial score (nSPS) is 18.6. The smallest absolute Gasteiger partial charge is 0.252 e. The molecule has 0 saturated carbocycles. The number of benzene rings is 1. The van der Waals surface area contributed by atoms with Crippen LogP contribution in [0.1, 0.15) is 23.2 Å². The number of likely N-dealkylation sites (tertiary alicyclic amines) is 1. The lowest BCUT2D eigenvalue weighted by Gasteiger charge is -2.36. The maximum Gasteiger partial charge on any atom is 0.252 e. The molecule has 1 fully saturated rings. The van der Waals surface area contributed by atoms with Crippen molar-refractivity contribution in [3.63, 3.8) is 0 Å². The highest BCUT2D eigenvalue weighted by atomic mass is 19.1. The molecule has 2 rings (SSSR count). The van der Waals surface area contributed by atoms with Crippen molar-refractivity contribution < 1.29 is 9.18 Å².